The molecule has 2 nitrogen and oxygen atoms in total. The van der Waals surface area contributed by atoms with Crippen LogP contribution < -0.4 is 0 Å². The van der Waals surface area contributed by atoms with Crippen LogP contribution >= 0.6 is 11.3 Å². The highest BCUT2D eigenvalue weighted by molar-refractivity contribution is 7.09. The van der Waals surface area contributed by atoms with Gasteiger partial charge in [-0.15, -0.1) is 11.3 Å². The first-order valence-electron chi connectivity index (χ1n) is 6.76. The number of carbonyl (C=O) groups is 1. The summed E-state index contributed by atoms with van der Waals surface area (Å²) in [6.45, 7) is 1.97. The van der Waals surface area contributed by atoms with Gasteiger partial charge in [0.15, 0.2) is 5.78 Å². The Balaban J connectivity index is 1.75. The fourth-order valence-corrected chi connectivity index (χ4v) is 3.08. The van der Waals surface area contributed by atoms with E-state index in [1.165, 1.54) is 24.8 Å². The highest BCUT2D eigenvalue weighted by Gasteiger charge is 2.20. The van der Waals surface area contributed by atoms with Gasteiger partial charge in [0, 0.05) is 10.9 Å². The van der Waals surface area contributed by atoms with Crippen LogP contribution in [-0.2, 0) is 6.42 Å². The van der Waals surface area contributed by atoms with Gasteiger partial charge in [-0.3, -0.25) is 4.79 Å². The molecular formula is C16H17NOS. The van der Waals surface area contributed by atoms with E-state index < -0.39 is 0 Å². The van der Waals surface area contributed by atoms with Gasteiger partial charge in [-0.25, -0.2) is 4.98 Å². The van der Waals surface area contributed by atoms with Gasteiger partial charge in [-0.1, -0.05) is 24.6 Å². The lowest BCUT2D eigenvalue weighted by atomic mass is 9.79. The Morgan fingerprint density at radius 2 is 2.26 bits per heavy atom. The van der Waals surface area contributed by atoms with Crippen molar-refractivity contribution in [2.75, 3.05) is 0 Å². The molecule has 1 fully saturated rings. The number of aryl methyl sites for hydroxylation is 1. The van der Waals surface area contributed by atoms with Crippen molar-refractivity contribution in [3.8, 4) is 0 Å². The van der Waals surface area contributed by atoms with E-state index in [0.717, 1.165) is 16.3 Å². The number of benzene rings is 1. The van der Waals surface area contributed by atoms with Gasteiger partial charge >= 0.3 is 0 Å². The molecule has 2 aromatic rings. The van der Waals surface area contributed by atoms with Crippen LogP contribution in [-0.4, -0.2) is 10.8 Å². The molecule has 0 N–H and O–H groups in total. The Bertz CT molecular complexity index is 598. The third-order valence-corrected chi connectivity index (χ3v) is 4.62. The van der Waals surface area contributed by atoms with Gasteiger partial charge < -0.3 is 0 Å². The van der Waals surface area contributed by atoms with Gasteiger partial charge in [0.05, 0.1) is 17.1 Å². The largest absolute Gasteiger partial charge is 0.294 e. The van der Waals surface area contributed by atoms with Crippen LogP contribution in [0.1, 0.15) is 51.8 Å². The minimum Gasteiger partial charge on any atom is -0.294 e. The number of thiazole rings is 1. The summed E-state index contributed by atoms with van der Waals surface area (Å²) in [4.78, 5) is 16.6. The van der Waals surface area contributed by atoms with E-state index in [1.807, 2.05) is 24.4 Å². The number of aromatic nitrogens is 1. The van der Waals surface area contributed by atoms with Crippen molar-refractivity contribution in [3.05, 3.63) is 51.5 Å². The van der Waals surface area contributed by atoms with Crippen molar-refractivity contribution in [2.45, 2.75) is 38.5 Å². The van der Waals surface area contributed by atoms with Gasteiger partial charge in [-0.05, 0) is 37.3 Å². The molecule has 1 saturated carbocycles. The summed E-state index contributed by atoms with van der Waals surface area (Å²) >= 11 is 1.60. The molecule has 0 aliphatic heterocycles. The number of hydrogen-bond donors (Lipinski definition) is 0. The molecule has 0 bridgehead atoms. The van der Waals surface area contributed by atoms with Crippen LogP contribution in [0.25, 0.3) is 0 Å². The molecule has 1 aromatic heterocycles. The maximum absolute atomic E-state index is 12.3. The van der Waals surface area contributed by atoms with Crippen LogP contribution in [0.15, 0.2) is 29.6 Å². The minimum atomic E-state index is 0.173. The van der Waals surface area contributed by atoms with Crippen LogP contribution in [0.4, 0.5) is 0 Å². The van der Waals surface area contributed by atoms with E-state index in [0.29, 0.717) is 12.3 Å². The first-order chi connectivity index (χ1) is 9.22. The minimum absolute atomic E-state index is 0.173. The van der Waals surface area contributed by atoms with E-state index in [1.54, 1.807) is 11.3 Å². The van der Waals surface area contributed by atoms with E-state index >= 15 is 0 Å². The smallest absolute Gasteiger partial charge is 0.168 e. The molecule has 1 heterocycles. The lowest BCUT2D eigenvalue weighted by Gasteiger charge is -2.26. The molecule has 0 unspecified atom stereocenters. The maximum Gasteiger partial charge on any atom is 0.168 e. The van der Waals surface area contributed by atoms with Gasteiger partial charge in [0.2, 0.25) is 0 Å². The summed E-state index contributed by atoms with van der Waals surface area (Å²) in [6, 6.07) is 8.15. The Morgan fingerprint density at radius 1 is 1.42 bits per heavy atom. The second kappa shape index (κ2) is 5.25. The van der Waals surface area contributed by atoms with Crippen molar-refractivity contribution in [3.63, 3.8) is 0 Å². The summed E-state index contributed by atoms with van der Waals surface area (Å²) in [5.41, 5.74) is 3.04. The number of ketones is 1. The maximum atomic E-state index is 12.3. The van der Waals surface area contributed by atoms with Crippen molar-refractivity contribution in [1.29, 1.82) is 0 Å². The zero-order valence-corrected chi connectivity index (χ0v) is 11.9. The first-order valence-corrected chi connectivity index (χ1v) is 7.64. The monoisotopic (exact) mass is 271 g/mol. The Labute approximate surface area is 117 Å². The number of carbonyl (C=O) groups excluding carboxylic acids is 1. The molecule has 19 heavy (non-hydrogen) atoms. The van der Waals surface area contributed by atoms with Gasteiger partial charge in [0.25, 0.3) is 0 Å². The fraction of sp³-hybridized carbons (Fsp3) is 0.375. The van der Waals surface area contributed by atoms with Crippen LogP contribution in [0.2, 0.25) is 0 Å². The number of nitrogens with zero attached hydrogens (tertiary/aromatic N) is 1. The summed E-state index contributed by atoms with van der Waals surface area (Å²) in [5.74, 6) is 0.848. The molecule has 0 atom stereocenters. The zero-order chi connectivity index (χ0) is 13.2. The lowest BCUT2D eigenvalue weighted by molar-refractivity contribution is 0.0992. The topological polar surface area (TPSA) is 30.0 Å². The van der Waals surface area contributed by atoms with E-state index in [4.69, 9.17) is 0 Å². The first kappa shape index (κ1) is 12.5. The summed E-state index contributed by atoms with van der Waals surface area (Å²) < 4.78 is 0. The molecule has 3 rings (SSSR count). The predicted octanol–water partition coefficient (Wildman–Crippen LogP) is 4.14. The number of Topliss-reactive ketones (excluding diaryl/α,β-unsaturated/α-hetero) is 1. The molecule has 98 valence electrons. The summed E-state index contributed by atoms with van der Waals surface area (Å²) in [6.07, 6.45) is 4.27. The molecule has 1 aliphatic carbocycles. The molecule has 0 spiro atoms. The van der Waals surface area contributed by atoms with Gasteiger partial charge in [0.1, 0.15) is 0 Å². The van der Waals surface area contributed by atoms with E-state index in [9.17, 15) is 4.79 Å². The van der Waals surface area contributed by atoms with E-state index in [2.05, 4.69) is 17.1 Å². The quantitative estimate of drug-likeness (QED) is 0.782. The van der Waals surface area contributed by atoms with Crippen LogP contribution in [0, 0.1) is 6.92 Å². The Kier molecular flexibility index (Phi) is 3.47. The normalized spacial score (nSPS) is 15.2. The molecule has 1 aliphatic rings. The molecule has 3 heteroatoms. The average Bonchev–Trinajstić information content (AvgIpc) is 2.73. The van der Waals surface area contributed by atoms with Gasteiger partial charge in [-0.2, -0.15) is 0 Å². The molecule has 0 amide bonds. The zero-order valence-electron chi connectivity index (χ0n) is 11.1. The standard InChI is InChI=1S/C16H17NOS/c1-11-17-15(10-19-11)9-16(18)14-7-3-6-13(8-14)12-4-2-5-12/h3,6-8,10,12H,2,4-5,9H2,1H3. The van der Waals surface area contributed by atoms with Crippen molar-refractivity contribution < 1.29 is 4.79 Å². The van der Waals surface area contributed by atoms with Crippen molar-refractivity contribution in [2.24, 2.45) is 0 Å². The highest BCUT2D eigenvalue weighted by atomic mass is 32.1. The fourth-order valence-electron chi connectivity index (χ4n) is 2.46. The Morgan fingerprint density at radius 3 is 2.89 bits per heavy atom. The SMILES string of the molecule is Cc1nc(CC(=O)c2cccc(C3CCC3)c2)cs1. The highest BCUT2D eigenvalue weighted by Crippen LogP contribution is 2.36. The average molecular weight is 271 g/mol. The predicted molar refractivity (Wildman–Crippen MR) is 77.9 cm³/mol. The third-order valence-electron chi connectivity index (χ3n) is 3.79. The molecule has 1 aromatic carbocycles. The molecule has 0 saturated heterocycles. The van der Waals surface area contributed by atoms with Crippen LogP contribution in [0.3, 0.4) is 0 Å². The van der Waals surface area contributed by atoms with Crippen LogP contribution in [0.5, 0.6) is 0 Å². The lowest BCUT2D eigenvalue weighted by Crippen LogP contribution is -2.10. The van der Waals surface area contributed by atoms with Crippen molar-refractivity contribution >= 4 is 17.1 Å². The second-order valence-electron chi connectivity index (χ2n) is 5.21. The van der Waals surface area contributed by atoms with E-state index in [-0.39, 0.29) is 5.78 Å². The van der Waals surface area contributed by atoms with Crippen molar-refractivity contribution in [1.82, 2.24) is 4.98 Å². The second-order valence-corrected chi connectivity index (χ2v) is 6.27. The molecular weight excluding hydrogens is 254 g/mol. The summed E-state index contributed by atoms with van der Waals surface area (Å²) in [7, 11) is 0. The third kappa shape index (κ3) is 2.76. The Hall–Kier alpha value is -1.48. The number of rotatable bonds is 4. The summed E-state index contributed by atoms with van der Waals surface area (Å²) in [5, 5.41) is 2.99. The number of hydrogen-bond acceptors (Lipinski definition) is 3. The molecule has 0 radical (unpaired) electrons.